The van der Waals surface area contributed by atoms with Gasteiger partial charge in [-0.2, -0.15) is 0 Å². The highest BCUT2D eigenvalue weighted by Gasteiger charge is 2.32. The first-order chi connectivity index (χ1) is 10.4. The maximum absolute atomic E-state index is 13.5. The molecule has 120 valence electrons. The van der Waals surface area contributed by atoms with Crippen LogP contribution in [0.25, 0.3) is 0 Å². The van der Waals surface area contributed by atoms with E-state index in [-0.39, 0.29) is 30.2 Å². The number of hydrogen-bond donors (Lipinski definition) is 1. The summed E-state index contributed by atoms with van der Waals surface area (Å²) in [5, 5.41) is 2.68. The highest BCUT2D eigenvalue weighted by atomic mass is 19.1. The summed E-state index contributed by atoms with van der Waals surface area (Å²) in [6.07, 6.45) is 1.67. The van der Waals surface area contributed by atoms with Crippen LogP contribution in [-0.4, -0.2) is 54.8 Å². The summed E-state index contributed by atoms with van der Waals surface area (Å²) in [5.41, 5.74) is 0.969. The number of carbonyl (C=O) groups is 2. The van der Waals surface area contributed by atoms with Crippen molar-refractivity contribution in [3.63, 3.8) is 0 Å². The average molecular weight is 307 g/mol. The lowest BCUT2D eigenvalue weighted by molar-refractivity contribution is -0.133. The molecule has 1 fully saturated rings. The number of likely N-dealkylation sites (N-methyl/N-ethyl adjacent to an activating group) is 1. The summed E-state index contributed by atoms with van der Waals surface area (Å²) in [6, 6.07) is 4.36. The minimum Gasteiger partial charge on any atom is -0.347 e. The Morgan fingerprint density at radius 1 is 1.41 bits per heavy atom. The fourth-order valence-electron chi connectivity index (χ4n) is 2.65. The lowest BCUT2D eigenvalue weighted by Gasteiger charge is -2.25. The Morgan fingerprint density at radius 2 is 2.14 bits per heavy atom. The molecule has 1 aromatic carbocycles. The van der Waals surface area contributed by atoms with Gasteiger partial charge < -0.3 is 10.2 Å². The fraction of sp³-hybridized carbons (Fsp3) is 0.500. The standard InChI is InChI=1S/C16H22FN3O2/c1-11-6-7-12(9-13(11)17)18-15(21)10-20-8-4-5-14(20)16(22)19(2)3/h6-7,9,14H,4-5,8,10H2,1-3H3,(H,18,21). The van der Waals surface area contributed by atoms with Crippen molar-refractivity contribution in [2.24, 2.45) is 0 Å². The van der Waals surface area contributed by atoms with Gasteiger partial charge in [-0.3, -0.25) is 14.5 Å². The molecule has 2 amide bonds. The smallest absolute Gasteiger partial charge is 0.239 e. The number of anilines is 1. The highest BCUT2D eigenvalue weighted by Crippen LogP contribution is 2.19. The zero-order valence-corrected chi connectivity index (χ0v) is 13.2. The molecule has 0 saturated carbocycles. The maximum atomic E-state index is 13.5. The Bertz CT molecular complexity index is 575. The molecule has 0 aliphatic carbocycles. The first kappa shape index (κ1) is 16.4. The number of nitrogens with one attached hydrogen (secondary N) is 1. The Balaban J connectivity index is 1.96. The van der Waals surface area contributed by atoms with E-state index in [1.54, 1.807) is 38.1 Å². The highest BCUT2D eigenvalue weighted by molar-refractivity contribution is 5.93. The van der Waals surface area contributed by atoms with Gasteiger partial charge in [-0.15, -0.1) is 0 Å². The number of rotatable bonds is 4. The van der Waals surface area contributed by atoms with Crippen molar-refractivity contribution in [2.45, 2.75) is 25.8 Å². The number of benzene rings is 1. The van der Waals surface area contributed by atoms with E-state index in [2.05, 4.69) is 5.32 Å². The van der Waals surface area contributed by atoms with E-state index in [4.69, 9.17) is 0 Å². The second-order valence-electron chi connectivity index (χ2n) is 5.87. The van der Waals surface area contributed by atoms with Crippen molar-refractivity contribution < 1.29 is 14.0 Å². The molecule has 6 heteroatoms. The molecule has 1 saturated heterocycles. The molecule has 2 rings (SSSR count). The number of hydrogen-bond acceptors (Lipinski definition) is 3. The molecular formula is C16H22FN3O2. The van der Waals surface area contributed by atoms with Crippen molar-refractivity contribution in [1.29, 1.82) is 0 Å². The Morgan fingerprint density at radius 3 is 2.77 bits per heavy atom. The Kier molecular flexibility index (Phi) is 5.13. The van der Waals surface area contributed by atoms with Crippen LogP contribution < -0.4 is 5.32 Å². The van der Waals surface area contributed by atoms with E-state index in [0.717, 1.165) is 19.4 Å². The number of nitrogens with zero attached hydrogens (tertiary/aromatic N) is 2. The summed E-state index contributed by atoms with van der Waals surface area (Å²) in [4.78, 5) is 27.6. The zero-order valence-electron chi connectivity index (χ0n) is 13.2. The van der Waals surface area contributed by atoms with Crippen molar-refractivity contribution in [3.05, 3.63) is 29.6 Å². The second kappa shape index (κ2) is 6.87. The minimum absolute atomic E-state index is 0.0201. The molecule has 1 aliphatic heterocycles. The second-order valence-corrected chi connectivity index (χ2v) is 5.87. The number of likely N-dealkylation sites (tertiary alicyclic amines) is 1. The van der Waals surface area contributed by atoms with Gasteiger partial charge in [-0.05, 0) is 44.0 Å². The van der Waals surface area contributed by atoms with Crippen LogP contribution in [0.3, 0.4) is 0 Å². The molecule has 1 N–H and O–H groups in total. The summed E-state index contributed by atoms with van der Waals surface area (Å²) >= 11 is 0. The van der Waals surface area contributed by atoms with Crippen LogP contribution in [0.5, 0.6) is 0 Å². The molecule has 1 atom stereocenters. The van der Waals surface area contributed by atoms with Crippen LogP contribution >= 0.6 is 0 Å². The minimum atomic E-state index is -0.348. The third kappa shape index (κ3) is 3.82. The lowest BCUT2D eigenvalue weighted by atomic mass is 10.2. The molecule has 1 unspecified atom stereocenters. The number of aryl methyl sites for hydroxylation is 1. The zero-order chi connectivity index (χ0) is 16.3. The third-order valence-electron chi connectivity index (χ3n) is 3.89. The van der Waals surface area contributed by atoms with Crippen LogP contribution in [-0.2, 0) is 9.59 Å². The molecule has 1 aromatic rings. The SMILES string of the molecule is Cc1ccc(NC(=O)CN2CCCC2C(=O)N(C)C)cc1F. The van der Waals surface area contributed by atoms with Gasteiger partial charge in [0.1, 0.15) is 5.82 Å². The van der Waals surface area contributed by atoms with Gasteiger partial charge in [-0.1, -0.05) is 6.07 Å². The average Bonchev–Trinajstić information content (AvgIpc) is 2.89. The van der Waals surface area contributed by atoms with E-state index in [9.17, 15) is 14.0 Å². The lowest BCUT2D eigenvalue weighted by Crippen LogP contribution is -2.45. The molecular weight excluding hydrogens is 285 g/mol. The van der Waals surface area contributed by atoms with Gasteiger partial charge in [-0.25, -0.2) is 4.39 Å². The topological polar surface area (TPSA) is 52.7 Å². The molecule has 1 heterocycles. The summed E-state index contributed by atoms with van der Waals surface area (Å²) < 4.78 is 13.5. The van der Waals surface area contributed by atoms with E-state index in [1.807, 2.05) is 4.90 Å². The number of amides is 2. The third-order valence-corrected chi connectivity index (χ3v) is 3.89. The predicted octanol–water partition coefficient (Wildman–Crippen LogP) is 1.63. The first-order valence-electron chi connectivity index (χ1n) is 7.39. The first-order valence-corrected chi connectivity index (χ1v) is 7.39. The normalized spacial score (nSPS) is 18.3. The molecule has 5 nitrogen and oxygen atoms in total. The van der Waals surface area contributed by atoms with E-state index in [0.29, 0.717) is 11.3 Å². The van der Waals surface area contributed by atoms with Crippen LogP contribution in [0, 0.1) is 12.7 Å². The van der Waals surface area contributed by atoms with Crippen LogP contribution in [0.15, 0.2) is 18.2 Å². The fourth-order valence-corrected chi connectivity index (χ4v) is 2.65. The van der Waals surface area contributed by atoms with Gasteiger partial charge >= 0.3 is 0 Å². The monoisotopic (exact) mass is 307 g/mol. The predicted molar refractivity (Wildman–Crippen MR) is 83.1 cm³/mol. The van der Waals surface area contributed by atoms with Gasteiger partial charge in [0.25, 0.3) is 0 Å². The Labute approximate surface area is 130 Å². The van der Waals surface area contributed by atoms with Gasteiger partial charge in [0, 0.05) is 19.8 Å². The van der Waals surface area contributed by atoms with Gasteiger partial charge in [0.05, 0.1) is 12.6 Å². The largest absolute Gasteiger partial charge is 0.347 e. The summed E-state index contributed by atoms with van der Waals surface area (Å²) in [5.74, 6) is -0.562. The molecule has 0 spiro atoms. The molecule has 0 aromatic heterocycles. The number of carbonyl (C=O) groups excluding carboxylic acids is 2. The quantitative estimate of drug-likeness (QED) is 0.920. The van der Waals surface area contributed by atoms with E-state index in [1.165, 1.54) is 6.07 Å². The van der Waals surface area contributed by atoms with Crippen LogP contribution in [0.2, 0.25) is 0 Å². The Hall–Kier alpha value is -1.95. The van der Waals surface area contributed by atoms with Crippen LogP contribution in [0.1, 0.15) is 18.4 Å². The van der Waals surface area contributed by atoms with Gasteiger partial charge in [0.15, 0.2) is 0 Å². The summed E-state index contributed by atoms with van der Waals surface area (Å²) in [6.45, 7) is 2.53. The molecule has 22 heavy (non-hydrogen) atoms. The molecule has 0 radical (unpaired) electrons. The van der Waals surface area contributed by atoms with Crippen LogP contribution in [0.4, 0.5) is 10.1 Å². The molecule has 1 aliphatic rings. The van der Waals surface area contributed by atoms with Crippen molar-refractivity contribution in [2.75, 3.05) is 32.5 Å². The van der Waals surface area contributed by atoms with Gasteiger partial charge in [0.2, 0.25) is 11.8 Å². The van der Waals surface area contributed by atoms with E-state index < -0.39 is 0 Å². The summed E-state index contributed by atoms with van der Waals surface area (Å²) in [7, 11) is 3.43. The maximum Gasteiger partial charge on any atom is 0.239 e. The van der Waals surface area contributed by atoms with Crippen molar-refractivity contribution in [1.82, 2.24) is 9.80 Å². The number of halogens is 1. The van der Waals surface area contributed by atoms with Crippen molar-refractivity contribution >= 4 is 17.5 Å². The van der Waals surface area contributed by atoms with Crippen molar-refractivity contribution in [3.8, 4) is 0 Å². The van der Waals surface area contributed by atoms with E-state index >= 15 is 0 Å². The molecule has 0 bridgehead atoms.